The Hall–Kier alpha value is -1.31. The minimum atomic E-state index is -0.999. The summed E-state index contributed by atoms with van der Waals surface area (Å²) >= 11 is 12.1. The van der Waals surface area contributed by atoms with Crippen LogP contribution in [0.25, 0.3) is 0 Å². The van der Waals surface area contributed by atoms with Crippen LogP contribution in [0.5, 0.6) is 0 Å². The van der Waals surface area contributed by atoms with Gasteiger partial charge in [0.05, 0.1) is 22.8 Å². The zero-order chi connectivity index (χ0) is 17.1. The van der Waals surface area contributed by atoms with Crippen LogP contribution in [0, 0.1) is 5.92 Å². The maximum Gasteiger partial charge on any atom is 0.354 e. The van der Waals surface area contributed by atoms with Gasteiger partial charge in [0, 0.05) is 31.7 Å². The van der Waals surface area contributed by atoms with Crippen molar-refractivity contribution in [2.75, 3.05) is 19.7 Å². The number of nitrogens with zero attached hydrogens (tertiary/aromatic N) is 2. The first-order chi connectivity index (χ1) is 11.6. The van der Waals surface area contributed by atoms with E-state index in [1.807, 2.05) is 6.07 Å². The van der Waals surface area contributed by atoms with E-state index in [-0.39, 0.29) is 30.1 Å². The summed E-state index contributed by atoms with van der Waals surface area (Å²) in [4.78, 5) is 11.3. The summed E-state index contributed by atoms with van der Waals surface area (Å²) in [7, 11) is 0. The number of hydrogen-bond acceptors (Lipinski definition) is 4. The lowest BCUT2D eigenvalue weighted by Gasteiger charge is -2.25. The normalized spacial score (nSPS) is 20.6. The van der Waals surface area contributed by atoms with E-state index in [4.69, 9.17) is 27.9 Å². The van der Waals surface area contributed by atoms with E-state index in [0.29, 0.717) is 29.7 Å². The van der Waals surface area contributed by atoms with Crippen LogP contribution in [0.4, 0.5) is 0 Å². The number of carboxylic acids is 1. The average molecular weight is 407 g/mol. The van der Waals surface area contributed by atoms with Gasteiger partial charge in [-0.15, -0.1) is 12.4 Å². The first-order valence-corrected chi connectivity index (χ1v) is 8.34. The molecule has 1 aromatic heterocycles. The Kier molecular flexibility index (Phi) is 7.10. The average Bonchev–Trinajstić information content (AvgIpc) is 2.89. The molecular weight excluding hydrogens is 389 g/mol. The zero-order valence-corrected chi connectivity index (χ0v) is 15.5. The Bertz CT molecular complexity index is 738. The first kappa shape index (κ1) is 20.0. The van der Waals surface area contributed by atoms with Crippen LogP contribution in [-0.4, -0.2) is 40.6 Å². The molecule has 25 heavy (non-hydrogen) atoms. The van der Waals surface area contributed by atoms with E-state index in [9.17, 15) is 9.90 Å². The highest BCUT2D eigenvalue weighted by Crippen LogP contribution is 2.32. The topological polar surface area (TPSA) is 76.4 Å². The Morgan fingerprint density at radius 3 is 2.88 bits per heavy atom. The summed E-state index contributed by atoms with van der Waals surface area (Å²) in [6.45, 7) is 2.40. The highest BCUT2D eigenvalue weighted by Gasteiger charge is 2.28. The summed E-state index contributed by atoms with van der Waals surface area (Å²) in [5.41, 5.74) is 1.08. The lowest BCUT2D eigenvalue weighted by molar-refractivity contribution is 0.0236. The van der Waals surface area contributed by atoms with Gasteiger partial charge in [0.2, 0.25) is 0 Å². The summed E-state index contributed by atoms with van der Waals surface area (Å²) < 4.78 is 7.49. The summed E-state index contributed by atoms with van der Waals surface area (Å²) in [6, 6.07) is 6.92. The van der Waals surface area contributed by atoms with Crippen LogP contribution in [0.3, 0.4) is 0 Å². The fourth-order valence-corrected chi connectivity index (χ4v) is 3.20. The zero-order valence-electron chi connectivity index (χ0n) is 13.2. The number of nitrogens with one attached hydrogen (secondary N) is 1. The molecule has 2 aromatic rings. The van der Waals surface area contributed by atoms with E-state index in [1.54, 1.807) is 12.1 Å². The molecule has 0 amide bonds. The maximum absolute atomic E-state index is 11.3. The smallest absolute Gasteiger partial charge is 0.354 e. The first-order valence-electron chi connectivity index (χ1n) is 7.58. The Morgan fingerprint density at radius 1 is 1.36 bits per heavy atom. The third-order valence-electron chi connectivity index (χ3n) is 4.03. The number of aromatic carboxylic acids is 1. The van der Waals surface area contributed by atoms with Crippen LogP contribution in [0.2, 0.25) is 10.0 Å². The number of carbonyl (C=O) groups is 1. The van der Waals surface area contributed by atoms with Gasteiger partial charge in [-0.05, 0) is 23.8 Å². The quantitative estimate of drug-likeness (QED) is 0.815. The van der Waals surface area contributed by atoms with Crippen molar-refractivity contribution in [1.82, 2.24) is 15.1 Å². The number of carboxylic acid groups (broad SMARTS) is 1. The number of benzene rings is 1. The molecule has 2 heterocycles. The molecule has 1 aromatic carbocycles. The molecular formula is C16H18Cl3N3O3. The molecule has 2 N–H and O–H groups in total. The number of ether oxygens (including phenoxy) is 1. The molecule has 0 aliphatic carbocycles. The van der Waals surface area contributed by atoms with E-state index in [2.05, 4.69) is 10.4 Å². The van der Waals surface area contributed by atoms with Gasteiger partial charge < -0.3 is 15.2 Å². The molecule has 1 aliphatic heterocycles. The fraction of sp³-hybridized carbons (Fsp3) is 0.375. The molecule has 3 rings (SSSR count). The lowest BCUT2D eigenvalue weighted by atomic mass is 9.95. The van der Waals surface area contributed by atoms with Crippen LogP contribution in [0.15, 0.2) is 30.5 Å². The van der Waals surface area contributed by atoms with E-state index in [1.165, 1.54) is 16.9 Å². The van der Waals surface area contributed by atoms with Gasteiger partial charge in [0.1, 0.15) is 5.69 Å². The van der Waals surface area contributed by atoms with Crippen molar-refractivity contribution >= 4 is 41.6 Å². The summed E-state index contributed by atoms with van der Waals surface area (Å²) in [5.74, 6) is -0.996. The minimum Gasteiger partial charge on any atom is -0.477 e. The van der Waals surface area contributed by atoms with Gasteiger partial charge in [0.25, 0.3) is 0 Å². The van der Waals surface area contributed by atoms with E-state index < -0.39 is 5.97 Å². The molecule has 136 valence electrons. The number of hydrogen-bond donors (Lipinski definition) is 2. The fourth-order valence-electron chi connectivity index (χ4n) is 2.89. The van der Waals surface area contributed by atoms with E-state index >= 15 is 0 Å². The molecule has 1 fully saturated rings. The van der Waals surface area contributed by atoms with Crippen molar-refractivity contribution in [2.24, 2.45) is 5.92 Å². The second-order valence-corrected chi connectivity index (χ2v) is 6.45. The predicted octanol–water partition coefficient (Wildman–Crippen LogP) is 3.29. The van der Waals surface area contributed by atoms with Crippen molar-refractivity contribution in [2.45, 2.75) is 12.6 Å². The number of rotatable bonds is 4. The molecule has 1 saturated heterocycles. The largest absolute Gasteiger partial charge is 0.477 e. The Labute approximate surface area is 161 Å². The van der Waals surface area contributed by atoms with Crippen molar-refractivity contribution in [1.29, 1.82) is 0 Å². The van der Waals surface area contributed by atoms with Gasteiger partial charge in [-0.25, -0.2) is 4.79 Å². The molecule has 0 radical (unpaired) electrons. The van der Waals surface area contributed by atoms with Gasteiger partial charge in [-0.1, -0.05) is 29.3 Å². The van der Waals surface area contributed by atoms with Gasteiger partial charge in [-0.3, -0.25) is 4.68 Å². The lowest BCUT2D eigenvalue weighted by Crippen LogP contribution is -2.29. The molecule has 0 unspecified atom stereocenters. The SMILES string of the molecule is Cl.O=C(O)c1ccnn1C[C@@H]1CNCCO[C@H]1c1ccc(Cl)c(Cl)c1. The highest BCUT2D eigenvalue weighted by molar-refractivity contribution is 6.42. The van der Waals surface area contributed by atoms with E-state index in [0.717, 1.165) is 12.1 Å². The Morgan fingerprint density at radius 2 is 2.16 bits per heavy atom. The molecule has 0 bridgehead atoms. The second-order valence-electron chi connectivity index (χ2n) is 5.63. The third-order valence-corrected chi connectivity index (χ3v) is 4.77. The van der Waals surface area contributed by atoms with Gasteiger partial charge >= 0.3 is 5.97 Å². The molecule has 0 saturated carbocycles. The van der Waals surface area contributed by atoms with Crippen molar-refractivity contribution < 1.29 is 14.6 Å². The van der Waals surface area contributed by atoms with Crippen molar-refractivity contribution in [3.8, 4) is 0 Å². The maximum atomic E-state index is 11.3. The van der Waals surface area contributed by atoms with Gasteiger partial charge in [0.15, 0.2) is 0 Å². The van der Waals surface area contributed by atoms with Crippen molar-refractivity contribution in [3.05, 3.63) is 51.8 Å². The van der Waals surface area contributed by atoms with Crippen molar-refractivity contribution in [3.63, 3.8) is 0 Å². The molecule has 0 spiro atoms. The van der Waals surface area contributed by atoms with Crippen LogP contribution in [0.1, 0.15) is 22.2 Å². The van der Waals surface area contributed by atoms with Gasteiger partial charge in [-0.2, -0.15) is 5.10 Å². The summed E-state index contributed by atoms with van der Waals surface area (Å²) in [6.07, 6.45) is 1.27. The predicted molar refractivity (Wildman–Crippen MR) is 97.9 cm³/mol. The highest BCUT2D eigenvalue weighted by atomic mass is 35.5. The molecule has 1 aliphatic rings. The molecule has 2 atom stereocenters. The standard InChI is InChI=1S/C16H17Cl2N3O3.ClH/c17-12-2-1-10(7-13(12)18)15-11(8-19-5-6-24-15)9-21-14(16(22)23)3-4-20-21;/h1-4,7,11,15,19H,5-6,8-9H2,(H,22,23);1H/t11-,15-;/m0./s1. The molecule has 6 nitrogen and oxygen atoms in total. The molecule has 9 heteroatoms. The second kappa shape index (κ2) is 8.87. The number of aromatic nitrogens is 2. The van der Waals surface area contributed by atoms with Crippen LogP contribution < -0.4 is 5.32 Å². The van der Waals surface area contributed by atoms with Crippen LogP contribution in [-0.2, 0) is 11.3 Å². The monoisotopic (exact) mass is 405 g/mol. The Balaban J connectivity index is 0.00000225. The summed E-state index contributed by atoms with van der Waals surface area (Å²) in [5, 5.41) is 17.6. The minimum absolute atomic E-state index is 0. The number of halogens is 3. The third kappa shape index (κ3) is 4.65. The van der Waals surface area contributed by atoms with Crippen LogP contribution >= 0.6 is 35.6 Å².